The molecule has 7 heteroatoms. The molecular formula is C20H21FN6. The third kappa shape index (κ3) is 3.05. The van der Waals surface area contributed by atoms with Crippen LogP contribution in [0.15, 0.2) is 42.6 Å². The Morgan fingerprint density at radius 1 is 1.07 bits per heavy atom. The summed E-state index contributed by atoms with van der Waals surface area (Å²) in [5, 5.41) is 4.38. The van der Waals surface area contributed by atoms with Crippen molar-refractivity contribution < 1.29 is 4.39 Å². The molecule has 0 aliphatic carbocycles. The highest BCUT2D eigenvalue weighted by atomic mass is 19.1. The van der Waals surface area contributed by atoms with Crippen LogP contribution >= 0.6 is 0 Å². The quantitative estimate of drug-likeness (QED) is 0.596. The zero-order chi connectivity index (χ0) is 19.1. The van der Waals surface area contributed by atoms with Crippen molar-refractivity contribution in [1.29, 1.82) is 0 Å². The molecule has 0 amide bonds. The fraction of sp³-hybridized carbons (Fsp3) is 0.250. The minimum absolute atomic E-state index is 0.268. The normalized spacial score (nSPS) is 11.6. The summed E-state index contributed by atoms with van der Waals surface area (Å²) in [6.45, 7) is 5.00. The van der Waals surface area contributed by atoms with Gasteiger partial charge < -0.3 is 5.73 Å². The number of nitrogen functional groups attached to an aromatic ring is 1. The number of hydrogen-bond acceptors (Lipinski definition) is 4. The van der Waals surface area contributed by atoms with Crippen molar-refractivity contribution >= 4 is 17.1 Å². The minimum Gasteiger partial charge on any atom is -0.369 e. The van der Waals surface area contributed by atoms with Crippen LogP contribution in [-0.2, 0) is 13.6 Å². The zero-order valence-corrected chi connectivity index (χ0v) is 15.5. The average molecular weight is 364 g/mol. The molecule has 0 atom stereocenters. The lowest BCUT2D eigenvalue weighted by Crippen LogP contribution is -2.08. The molecule has 0 fully saturated rings. The molecule has 138 valence electrons. The predicted octanol–water partition coefficient (Wildman–Crippen LogP) is 3.88. The highest BCUT2D eigenvalue weighted by Gasteiger charge is 2.17. The van der Waals surface area contributed by atoms with E-state index in [4.69, 9.17) is 10.7 Å². The Morgan fingerprint density at radius 3 is 2.52 bits per heavy atom. The summed E-state index contributed by atoms with van der Waals surface area (Å²) >= 11 is 0. The van der Waals surface area contributed by atoms with Gasteiger partial charge in [0.05, 0.1) is 17.6 Å². The van der Waals surface area contributed by atoms with E-state index < -0.39 is 0 Å². The Bertz CT molecular complexity index is 1110. The Morgan fingerprint density at radius 2 is 1.81 bits per heavy atom. The maximum atomic E-state index is 13.3. The molecule has 3 heterocycles. The first-order chi connectivity index (χ1) is 12.9. The molecule has 2 N–H and O–H groups in total. The van der Waals surface area contributed by atoms with Crippen LogP contribution in [-0.4, -0.2) is 24.3 Å². The summed E-state index contributed by atoms with van der Waals surface area (Å²) in [5.74, 6) is 0.617. The van der Waals surface area contributed by atoms with Crippen LogP contribution in [0.4, 0.5) is 10.3 Å². The maximum absolute atomic E-state index is 13.3. The van der Waals surface area contributed by atoms with E-state index in [9.17, 15) is 4.39 Å². The summed E-state index contributed by atoms with van der Waals surface area (Å²) in [6, 6.07) is 10.2. The Labute approximate surface area is 156 Å². The van der Waals surface area contributed by atoms with Crippen LogP contribution in [0.2, 0.25) is 0 Å². The van der Waals surface area contributed by atoms with E-state index in [1.165, 1.54) is 12.1 Å². The fourth-order valence-corrected chi connectivity index (χ4v) is 3.29. The number of rotatable bonds is 4. The second kappa shape index (κ2) is 6.50. The molecule has 0 bridgehead atoms. The summed E-state index contributed by atoms with van der Waals surface area (Å²) in [5.41, 5.74) is 11.0. The first-order valence-corrected chi connectivity index (χ1v) is 8.85. The molecule has 0 radical (unpaired) electrons. The van der Waals surface area contributed by atoms with Crippen LogP contribution in [0.1, 0.15) is 13.8 Å². The van der Waals surface area contributed by atoms with Crippen LogP contribution < -0.4 is 5.73 Å². The molecule has 0 aliphatic heterocycles. The van der Waals surface area contributed by atoms with E-state index in [0.717, 1.165) is 40.2 Å². The highest BCUT2D eigenvalue weighted by Crippen LogP contribution is 2.32. The topological polar surface area (TPSA) is 74.6 Å². The molecule has 0 aliphatic rings. The van der Waals surface area contributed by atoms with Gasteiger partial charge in [0.2, 0.25) is 5.95 Å². The van der Waals surface area contributed by atoms with Crippen molar-refractivity contribution in [1.82, 2.24) is 24.3 Å². The first kappa shape index (κ1) is 17.2. The predicted molar refractivity (Wildman–Crippen MR) is 104 cm³/mol. The van der Waals surface area contributed by atoms with Gasteiger partial charge in [-0.1, -0.05) is 13.8 Å². The SMILES string of the molecule is CC(C)Cn1c(N)nc2ccc(-c3cnn(C)c3-c3ccc(F)cc3)nc21. The van der Waals surface area contributed by atoms with E-state index in [0.29, 0.717) is 11.9 Å². The van der Waals surface area contributed by atoms with Crippen LogP contribution in [0.3, 0.4) is 0 Å². The van der Waals surface area contributed by atoms with E-state index in [-0.39, 0.29) is 5.82 Å². The van der Waals surface area contributed by atoms with E-state index >= 15 is 0 Å². The number of nitrogens with two attached hydrogens (primary N) is 1. The van der Waals surface area contributed by atoms with Crippen LogP contribution in [0, 0.1) is 11.7 Å². The van der Waals surface area contributed by atoms with E-state index in [1.807, 2.05) is 23.7 Å². The number of benzene rings is 1. The third-order valence-electron chi connectivity index (χ3n) is 4.50. The fourth-order valence-electron chi connectivity index (χ4n) is 3.29. The molecule has 4 rings (SSSR count). The largest absolute Gasteiger partial charge is 0.369 e. The zero-order valence-electron chi connectivity index (χ0n) is 15.5. The molecule has 4 aromatic rings. The number of anilines is 1. The van der Waals surface area contributed by atoms with Gasteiger partial charge in [-0.05, 0) is 42.3 Å². The maximum Gasteiger partial charge on any atom is 0.202 e. The number of halogens is 1. The molecule has 3 aromatic heterocycles. The second-order valence-electron chi connectivity index (χ2n) is 7.05. The van der Waals surface area contributed by atoms with Gasteiger partial charge in [0.15, 0.2) is 5.65 Å². The molecule has 27 heavy (non-hydrogen) atoms. The number of nitrogens with zero attached hydrogens (tertiary/aromatic N) is 5. The van der Waals surface area contributed by atoms with Crippen molar-refractivity contribution in [2.24, 2.45) is 13.0 Å². The standard InChI is InChI=1S/C20H21FN6/c1-12(2)11-27-19-17(25-20(27)22)9-8-16(24-19)15-10-23-26(3)18(15)13-4-6-14(21)7-5-13/h4-10,12H,11H2,1-3H3,(H2,22,25). The van der Waals surface area contributed by atoms with Crippen molar-refractivity contribution in [3.05, 3.63) is 48.4 Å². The molecule has 0 spiro atoms. The number of aromatic nitrogens is 5. The Hall–Kier alpha value is -3.22. The molecular weight excluding hydrogens is 343 g/mol. The van der Waals surface area contributed by atoms with Crippen molar-refractivity contribution in [2.75, 3.05) is 5.73 Å². The number of pyridine rings is 1. The third-order valence-corrected chi connectivity index (χ3v) is 4.50. The lowest BCUT2D eigenvalue weighted by atomic mass is 10.1. The summed E-state index contributed by atoms with van der Waals surface area (Å²) < 4.78 is 17.0. The van der Waals surface area contributed by atoms with Crippen molar-refractivity contribution in [3.8, 4) is 22.5 Å². The summed E-state index contributed by atoms with van der Waals surface area (Å²) in [6.07, 6.45) is 1.78. The lowest BCUT2D eigenvalue weighted by molar-refractivity contribution is 0.535. The number of fused-ring (bicyclic) bond motifs is 1. The van der Waals surface area contributed by atoms with Crippen LogP contribution in [0.25, 0.3) is 33.7 Å². The minimum atomic E-state index is -0.268. The Balaban J connectivity index is 1.87. The number of imidazole rings is 1. The molecule has 0 unspecified atom stereocenters. The van der Waals surface area contributed by atoms with Crippen LogP contribution in [0.5, 0.6) is 0 Å². The molecule has 0 saturated heterocycles. The average Bonchev–Trinajstić information content (AvgIpc) is 3.15. The monoisotopic (exact) mass is 364 g/mol. The smallest absolute Gasteiger partial charge is 0.202 e. The van der Waals surface area contributed by atoms with Crippen molar-refractivity contribution in [2.45, 2.75) is 20.4 Å². The van der Waals surface area contributed by atoms with Gasteiger partial charge in [-0.25, -0.2) is 14.4 Å². The molecule has 0 saturated carbocycles. The van der Waals surface area contributed by atoms with Gasteiger partial charge in [0.1, 0.15) is 11.3 Å². The van der Waals surface area contributed by atoms with Gasteiger partial charge in [0, 0.05) is 24.7 Å². The van der Waals surface area contributed by atoms with Gasteiger partial charge in [0.25, 0.3) is 0 Å². The number of aryl methyl sites for hydroxylation is 1. The molecule has 1 aromatic carbocycles. The van der Waals surface area contributed by atoms with Gasteiger partial charge in [-0.3, -0.25) is 9.25 Å². The second-order valence-corrected chi connectivity index (χ2v) is 7.05. The van der Waals surface area contributed by atoms with Crippen molar-refractivity contribution in [3.63, 3.8) is 0 Å². The number of hydrogen-bond donors (Lipinski definition) is 1. The van der Waals surface area contributed by atoms with Gasteiger partial charge >= 0.3 is 0 Å². The lowest BCUT2D eigenvalue weighted by Gasteiger charge is -2.10. The summed E-state index contributed by atoms with van der Waals surface area (Å²) in [4.78, 5) is 9.24. The van der Waals surface area contributed by atoms with Gasteiger partial charge in [-0.15, -0.1) is 0 Å². The van der Waals surface area contributed by atoms with Gasteiger partial charge in [-0.2, -0.15) is 5.10 Å². The summed E-state index contributed by atoms with van der Waals surface area (Å²) in [7, 11) is 1.86. The first-order valence-electron chi connectivity index (χ1n) is 8.85. The highest BCUT2D eigenvalue weighted by molar-refractivity contribution is 5.83. The van der Waals surface area contributed by atoms with E-state index in [1.54, 1.807) is 23.0 Å². The van der Waals surface area contributed by atoms with E-state index in [2.05, 4.69) is 23.9 Å². The Kier molecular flexibility index (Phi) is 4.14. The molecule has 6 nitrogen and oxygen atoms in total.